The summed E-state index contributed by atoms with van der Waals surface area (Å²) in [4.78, 5) is 25.9. The molecule has 9 nitrogen and oxygen atoms in total. The van der Waals surface area contributed by atoms with E-state index in [1.165, 1.54) is 18.2 Å². The lowest BCUT2D eigenvalue weighted by Gasteiger charge is -2.41. The van der Waals surface area contributed by atoms with Crippen molar-refractivity contribution in [3.63, 3.8) is 0 Å². The van der Waals surface area contributed by atoms with E-state index >= 15 is 0 Å². The first-order chi connectivity index (χ1) is 19.6. The molecule has 2 unspecified atom stereocenters. The molecule has 4 aromatic rings. The first kappa shape index (κ1) is 28.1. The largest absolute Gasteiger partial charge is 0.505 e. The molecule has 0 bridgehead atoms. The van der Waals surface area contributed by atoms with Crippen molar-refractivity contribution in [1.82, 2.24) is 0 Å². The molecule has 2 N–H and O–H groups in total. The Bertz CT molecular complexity index is 1650. The van der Waals surface area contributed by atoms with E-state index in [4.69, 9.17) is 23.4 Å². The van der Waals surface area contributed by atoms with Crippen LogP contribution in [0.4, 0.5) is 10.1 Å². The number of ether oxygens (including phenoxy) is 4. The number of fused-ring (bicyclic) bond motifs is 1. The maximum atomic E-state index is 14.4. The zero-order valence-electron chi connectivity index (χ0n) is 23.0. The number of hydrogen-bond acceptors (Lipinski definition) is 8. The van der Waals surface area contributed by atoms with Crippen molar-refractivity contribution in [2.45, 2.75) is 51.6 Å². The Morgan fingerprint density at radius 2 is 1.83 bits per heavy atom. The second-order valence-corrected chi connectivity index (χ2v) is 10.3. The summed E-state index contributed by atoms with van der Waals surface area (Å²) in [5.41, 5.74) is -1.39. The standard InChI is InChI=1S/C31H30FNO8/c1-17-22(39-25-15-14-24(37-4)31(2,3)41-25)13-11-20-27(34)26(30(36)40-28(17)20)33-29(35)18-10-12-21(32)23(16-18)38-19-8-6-5-7-9-19/h5-13,16,24-25,34H,14-15H2,1-4H3,(H,33,35). The molecule has 1 aliphatic heterocycles. The third-order valence-electron chi connectivity index (χ3n) is 7.07. The monoisotopic (exact) mass is 563 g/mol. The second-order valence-electron chi connectivity index (χ2n) is 10.3. The van der Waals surface area contributed by atoms with Gasteiger partial charge in [-0.25, -0.2) is 9.18 Å². The predicted octanol–water partition coefficient (Wildman–Crippen LogP) is 6.30. The van der Waals surface area contributed by atoms with E-state index in [0.717, 1.165) is 12.5 Å². The van der Waals surface area contributed by atoms with Crippen molar-refractivity contribution in [1.29, 1.82) is 0 Å². The molecule has 41 heavy (non-hydrogen) atoms. The van der Waals surface area contributed by atoms with E-state index in [2.05, 4.69) is 5.32 Å². The number of anilines is 1. The lowest BCUT2D eigenvalue weighted by Crippen LogP contribution is -2.49. The fourth-order valence-electron chi connectivity index (χ4n) is 4.86. The van der Waals surface area contributed by atoms with Crippen LogP contribution in [0.5, 0.6) is 23.0 Å². The number of carbonyl (C=O) groups excluding carboxylic acids is 1. The fraction of sp³-hybridized carbons (Fsp3) is 0.290. The zero-order valence-corrected chi connectivity index (χ0v) is 23.0. The van der Waals surface area contributed by atoms with Gasteiger partial charge in [-0.3, -0.25) is 4.79 Å². The molecule has 2 heterocycles. The maximum absolute atomic E-state index is 14.4. The van der Waals surface area contributed by atoms with Crippen LogP contribution >= 0.6 is 0 Å². The molecular formula is C31H30FNO8. The van der Waals surface area contributed by atoms with Gasteiger partial charge in [-0.05, 0) is 69.7 Å². The number of rotatable bonds is 7. The van der Waals surface area contributed by atoms with Gasteiger partial charge in [0.1, 0.15) is 17.1 Å². The molecule has 5 rings (SSSR count). The lowest BCUT2D eigenvalue weighted by molar-refractivity contribution is -0.233. The van der Waals surface area contributed by atoms with Crippen LogP contribution < -0.4 is 20.4 Å². The summed E-state index contributed by atoms with van der Waals surface area (Å²) in [5.74, 6) is -1.29. The maximum Gasteiger partial charge on any atom is 0.364 e. The number of amides is 1. The van der Waals surface area contributed by atoms with E-state index in [1.54, 1.807) is 50.4 Å². The van der Waals surface area contributed by atoms with E-state index in [-0.39, 0.29) is 28.4 Å². The number of aromatic hydroxyl groups is 1. The smallest absolute Gasteiger partial charge is 0.364 e. The minimum Gasteiger partial charge on any atom is -0.505 e. The van der Waals surface area contributed by atoms with Gasteiger partial charge >= 0.3 is 5.63 Å². The van der Waals surface area contributed by atoms with Crippen LogP contribution in [0.3, 0.4) is 0 Å². The van der Waals surface area contributed by atoms with Gasteiger partial charge in [0.2, 0.25) is 6.29 Å². The minimum absolute atomic E-state index is 0.00211. The van der Waals surface area contributed by atoms with Crippen molar-refractivity contribution < 1.29 is 37.7 Å². The van der Waals surface area contributed by atoms with Crippen LogP contribution in [0.25, 0.3) is 11.0 Å². The quantitative estimate of drug-likeness (QED) is 0.252. The number of methoxy groups -OCH3 is 1. The third-order valence-corrected chi connectivity index (χ3v) is 7.07. The number of para-hydroxylation sites is 1. The van der Waals surface area contributed by atoms with Crippen molar-refractivity contribution >= 4 is 22.6 Å². The molecule has 1 amide bonds. The minimum atomic E-state index is -0.968. The van der Waals surface area contributed by atoms with Crippen LogP contribution in [0, 0.1) is 12.7 Å². The van der Waals surface area contributed by atoms with Crippen LogP contribution in [0.1, 0.15) is 42.6 Å². The van der Waals surface area contributed by atoms with Gasteiger partial charge in [-0.1, -0.05) is 18.2 Å². The van der Waals surface area contributed by atoms with Crippen molar-refractivity contribution in [3.8, 4) is 23.0 Å². The molecule has 0 radical (unpaired) electrons. The van der Waals surface area contributed by atoms with E-state index in [1.807, 2.05) is 13.8 Å². The summed E-state index contributed by atoms with van der Waals surface area (Å²) in [5, 5.41) is 13.5. The van der Waals surface area contributed by atoms with Crippen LogP contribution in [-0.2, 0) is 9.47 Å². The molecule has 214 valence electrons. The van der Waals surface area contributed by atoms with Gasteiger partial charge < -0.3 is 33.8 Å². The number of nitrogens with one attached hydrogen (secondary N) is 1. The van der Waals surface area contributed by atoms with Crippen molar-refractivity contribution in [2.24, 2.45) is 0 Å². The summed E-state index contributed by atoms with van der Waals surface area (Å²) in [6, 6.07) is 15.2. The van der Waals surface area contributed by atoms with Crippen molar-refractivity contribution in [3.05, 3.63) is 88.0 Å². The molecule has 1 aromatic heterocycles. The third kappa shape index (κ3) is 5.75. The van der Waals surface area contributed by atoms with Gasteiger partial charge in [0.05, 0.1) is 17.1 Å². The normalized spacial score (nSPS) is 18.2. The molecule has 3 aromatic carbocycles. The SMILES string of the molecule is COC1CCC(Oc2ccc3c(O)c(NC(=O)c4ccc(F)c(Oc5ccccc5)c4)c(=O)oc3c2C)OC1(C)C. The Kier molecular flexibility index (Phi) is 7.70. The van der Waals surface area contributed by atoms with Crippen LogP contribution in [0.2, 0.25) is 0 Å². The van der Waals surface area contributed by atoms with Gasteiger partial charge in [0, 0.05) is 24.7 Å². The molecule has 2 atom stereocenters. The number of carbonyl (C=O) groups is 1. The highest BCUT2D eigenvalue weighted by Gasteiger charge is 2.39. The fourth-order valence-corrected chi connectivity index (χ4v) is 4.86. The highest BCUT2D eigenvalue weighted by atomic mass is 19.1. The molecule has 10 heteroatoms. The van der Waals surface area contributed by atoms with Gasteiger partial charge in [-0.15, -0.1) is 0 Å². The first-order valence-electron chi connectivity index (χ1n) is 13.1. The van der Waals surface area contributed by atoms with E-state index in [0.29, 0.717) is 23.5 Å². The summed E-state index contributed by atoms with van der Waals surface area (Å²) in [6.45, 7) is 5.55. The highest BCUT2D eigenvalue weighted by Crippen LogP contribution is 2.38. The topological polar surface area (TPSA) is 116 Å². The molecule has 0 saturated carbocycles. The average Bonchev–Trinajstić information content (AvgIpc) is 2.94. The Labute approximate surface area is 235 Å². The zero-order chi connectivity index (χ0) is 29.3. The number of halogens is 1. The lowest BCUT2D eigenvalue weighted by atomic mass is 9.94. The Morgan fingerprint density at radius 3 is 2.54 bits per heavy atom. The molecular weight excluding hydrogens is 533 g/mol. The van der Waals surface area contributed by atoms with Crippen molar-refractivity contribution in [2.75, 3.05) is 12.4 Å². The average molecular weight is 564 g/mol. The highest BCUT2D eigenvalue weighted by molar-refractivity contribution is 6.06. The molecule has 0 spiro atoms. The Balaban J connectivity index is 1.38. The van der Waals surface area contributed by atoms with Crippen LogP contribution in [0.15, 0.2) is 69.9 Å². The van der Waals surface area contributed by atoms with Crippen LogP contribution in [-0.4, -0.2) is 36.1 Å². The van der Waals surface area contributed by atoms with Gasteiger partial charge in [0.25, 0.3) is 5.91 Å². The molecule has 1 aliphatic rings. The van der Waals surface area contributed by atoms with E-state index in [9.17, 15) is 19.1 Å². The summed E-state index contributed by atoms with van der Waals surface area (Å²) in [6.07, 6.45) is 0.730. The number of benzene rings is 3. The van der Waals surface area contributed by atoms with E-state index < -0.39 is 40.7 Å². The Hall–Kier alpha value is -4.41. The van der Waals surface area contributed by atoms with Gasteiger partial charge in [0.15, 0.2) is 23.0 Å². The summed E-state index contributed by atoms with van der Waals surface area (Å²) < 4.78 is 43.1. The molecule has 0 aliphatic carbocycles. The Morgan fingerprint density at radius 1 is 1.07 bits per heavy atom. The predicted molar refractivity (Wildman–Crippen MR) is 149 cm³/mol. The molecule has 1 fully saturated rings. The summed E-state index contributed by atoms with van der Waals surface area (Å²) in [7, 11) is 1.65. The number of hydrogen-bond donors (Lipinski definition) is 2. The van der Waals surface area contributed by atoms with Gasteiger partial charge in [-0.2, -0.15) is 0 Å². The first-order valence-corrected chi connectivity index (χ1v) is 13.1. The second kappa shape index (κ2) is 11.2. The number of aryl methyl sites for hydroxylation is 1. The molecule has 1 saturated heterocycles. The summed E-state index contributed by atoms with van der Waals surface area (Å²) >= 11 is 0.